The van der Waals surface area contributed by atoms with Crippen molar-refractivity contribution in [3.63, 3.8) is 0 Å². The Kier molecular flexibility index (Phi) is 6.36. The number of halogens is 2. The monoisotopic (exact) mass is 538 g/mol. The molecular formula is C27H20ClFN2O3S2. The third-order valence-corrected chi connectivity index (χ3v) is 8.15. The number of ketones is 1. The van der Waals surface area contributed by atoms with Gasteiger partial charge in [0.1, 0.15) is 17.1 Å². The fourth-order valence-corrected chi connectivity index (χ4v) is 6.06. The first-order chi connectivity index (χ1) is 17.3. The number of carbonyl (C=O) groups excluding carboxylic acids is 2. The number of thiophene rings is 1. The molecule has 4 aromatic rings. The highest BCUT2D eigenvalue weighted by Crippen LogP contribution is 2.50. The number of likely N-dealkylation sites (N-methyl/N-ethyl adjacent to an activating group) is 1. The molecule has 3 heterocycles. The largest absolute Gasteiger partial charge is 0.439 e. The minimum absolute atomic E-state index is 0.0757. The number of hydrogen-bond acceptors (Lipinski definition) is 6. The van der Waals surface area contributed by atoms with Crippen LogP contribution < -0.4 is 4.74 Å². The van der Waals surface area contributed by atoms with Gasteiger partial charge < -0.3 is 9.64 Å². The Morgan fingerprint density at radius 1 is 1.06 bits per heavy atom. The molecule has 1 aliphatic rings. The summed E-state index contributed by atoms with van der Waals surface area (Å²) in [5.74, 6) is -0.623. The molecule has 5 rings (SSSR count). The summed E-state index contributed by atoms with van der Waals surface area (Å²) in [4.78, 5) is 34.0. The number of rotatable bonds is 5. The number of Topliss-reactive ketones (excluding diaryl/α,β-unsaturated/α-hetero) is 1. The fraction of sp³-hybridized carbons (Fsp3) is 0.148. The van der Waals surface area contributed by atoms with E-state index in [9.17, 15) is 14.0 Å². The van der Waals surface area contributed by atoms with E-state index in [0.29, 0.717) is 22.0 Å². The average Bonchev–Trinajstić information content (AvgIpc) is 3.42. The molecule has 182 valence electrons. The molecule has 0 bridgehead atoms. The lowest BCUT2D eigenvalue weighted by Crippen LogP contribution is -2.62. The van der Waals surface area contributed by atoms with E-state index in [-0.39, 0.29) is 23.9 Å². The number of thiol groups is 1. The maximum Gasteiger partial charge on any atom is 0.251 e. The van der Waals surface area contributed by atoms with Gasteiger partial charge in [0.15, 0.2) is 10.5 Å². The lowest BCUT2D eigenvalue weighted by Gasteiger charge is -2.49. The molecule has 0 N–H and O–H groups in total. The van der Waals surface area contributed by atoms with Crippen molar-refractivity contribution in [2.75, 3.05) is 7.05 Å². The summed E-state index contributed by atoms with van der Waals surface area (Å²) in [5.41, 5.74) is 0.359. The third-order valence-electron chi connectivity index (χ3n) is 6.45. The standard InChI is InChI=1S/C27H20ClFN2O3S2/c1-31-25(33)27(35,20-5-2-3-6-21(20)28)23(32)15-26(31,17-13-14-36-16-17)22-7-4-8-24(30-22)34-19-11-9-18(29)10-12-19/h2-14,16,35H,15H2,1H3. The van der Waals surface area contributed by atoms with E-state index in [1.54, 1.807) is 49.5 Å². The Morgan fingerprint density at radius 2 is 1.81 bits per heavy atom. The number of pyridine rings is 1. The smallest absolute Gasteiger partial charge is 0.251 e. The second-order valence-electron chi connectivity index (χ2n) is 8.44. The van der Waals surface area contributed by atoms with E-state index >= 15 is 0 Å². The Labute approximate surface area is 221 Å². The number of piperidine rings is 1. The van der Waals surface area contributed by atoms with Gasteiger partial charge in [0.25, 0.3) is 5.91 Å². The van der Waals surface area contributed by atoms with E-state index in [4.69, 9.17) is 21.3 Å². The molecule has 5 nitrogen and oxygen atoms in total. The summed E-state index contributed by atoms with van der Waals surface area (Å²) in [5, 5.41) is 4.07. The molecule has 1 fully saturated rings. The first-order valence-corrected chi connectivity index (χ1v) is 12.8. The van der Waals surface area contributed by atoms with Crippen molar-refractivity contribution in [1.82, 2.24) is 9.88 Å². The first kappa shape index (κ1) is 24.5. The fourth-order valence-electron chi connectivity index (χ4n) is 4.57. The number of carbonyl (C=O) groups is 2. The highest BCUT2D eigenvalue weighted by atomic mass is 35.5. The zero-order valence-electron chi connectivity index (χ0n) is 19.0. The molecule has 1 saturated heterocycles. The van der Waals surface area contributed by atoms with Crippen molar-refractivity contribution < 1.29 is 18.7 Å². The quantitative estimate of drug-likeness (QED) is 0.242. The zero-order valence-corrected chi connectivity index (χ0v) is 21.5. The maximum absolute atomic E-state index is 14.0. The third kappa shape index (κ3) is 3.89. The molecule has 9 heteroatoms. The minimum Gasteiger partial charge on any atom is -0.439 e. The van der Waals surface area contributed by atoms with E-state index in [1.165, 1.54) is 40.5 Å². The molecule has 2 atom stereocenters. The number of hydrogen-bond donors (Lipinski definition) is 1. The molecule has 0 spiro atoms. The van der Waals surface area contributed by atoms with Gasteiger partial charge in [-0.15, -0.1) is 0 Å². The van der Waals surface area contributed by atoms with Crippen LogP contribution in [0.2, 0.25) is 5.02 Å². The highest BCUT2D eigenvalue weighted by Gasteiger charge is 2.59. The van der Waals surface area contributed by atoms with Crippen LogP contribution in [0, 0.1) is 5.82 Å². The molecule has 0 aliphatic carbocycles. The van der Waals surface area contributed by atoms with E-state index in [1.807, 2.05) is 16.8 Å². The summed E-state index contributed by atoms with van der Waals surface area (Å²) in [7, 11) is 1.64. The SMILES string of the molecule is CN1C(=O)C(S)(c2ccccc2Cl)C(=O)CC1(c1ccsc1)c1cccc(Oc2ccc(F)cc2)n1. The van der Waals surface area contributed by atoms with Crippen LogP contribution >= 0.6 is 35.6 Å². The summed E-state index contributed by atoms with van der Waals surface area (Å²) >= 11 is 12.5. The van der Waals surface area contributed by atoms with E-state index < -0.39 is 16.2 Å². The van der Waals surface area contributed by atoms with Crippen LogP contribution in [0.1, 0.15) is 23.2 Å². The maximum atomic E-state index is 14.0. The number of nitrogens with zero attached hydrogens (tertiary/aromatic N) is 2. The Hall–Kier alpha value is -3.20. The predicted molar refractivity (Wildman–Crippen MR) is 140 cm³/mol. The lowest BCUT2D eigenvalue weighted by atomic mass is 9.73. The van der Waals surface area contributed by atoms with Crippen LogP contribution in [0.25, 0.3) is 0 Å². The van der Waals surface area contributed by atoms with Gasteiger partial charge in [-0.2, -0.15) is 24.0 Å². The number of amides is 1. The normalized spacial score (nSPS) is 22.1. The van der Waals surface area contributed by atoms with Gasteiger partial charge in [-0.1, -0.05) is 35.9 Å². The van der Waals surface area contributed by atoms with Gasteiger partial charge in [-0.05, 0) is 58.8 Å². The molecule has 0 saturated carbocycles. The van der Waals surface area contributed by atoms with E-state index in [0.717, 1.165) is 5.56 Å². The lowest BCUT2D eigenvalue weighted by molar-refractivity contribution is -0.149. The molecule has 1 aliphatic heterocycles. The van der Waals surface area contributed by atoms with Crippen molar-refractivity contribution in [2.24, 2.45) is 0 Å². The molecular weight excluding hydrogens is 519 g/mol. The van der Waals surface area contributed by atoms with Crippen LogP contribution in [-0.2, 0) is 19.9 Å². The van der Waals surface area contributed by atoms with Crippen molar-refractivity contribution in [3.8, 4) is 11.6 Å². The van der Waals surface area contributed by atoms with E-state index in [2.05, 4.69) is 12.6 Å². The van der Waals surface area contributed by atoms with Gasteiger partial charge in [0.05, 0.1) is 5.69 Å². The van der Waals surface area contributed by atoms with Crippen molar-refractivity contribution in [2.45, 2.75) is 16.7 Å². The number of likely N-dealkylation sites (tertiary alicyclic amines) is 1. The highest BCUT2D eigenvalue weighted by molar-refractivity contribution is 7.83. The topological polar surface area (TPSA) is 59.5 Å². The van der Waals surface area contributed by atoms with Crippen LogP contribution in [0.3, 0.4) is 0 Å². The minimum atomic E-state index is -1.74. The second kappa shape index (κ2) is 9.35. The molecule has 2 aromatic carbocycles. The van der Waals surface area contributed by atoms with Crippen molar-refractivity contribution in [1.29, 1.82) is 0 Å². The van der Waals surface area contributed by atoms with Crippen LogP contribution in [0.5, 0.6) is 11.6 Å². The average molecular weight is 539 g/mol. The summed E-state index contributed by atoms with van der Waals surface area (Å²) in [6.45, 7) is 0. The number of aromatic nitrogens is 1. The molecule has 1 amide bonds. The molecule has 2 aromatic heterocycles. The predicted octanol–water partition coefficient (Wildman–Crippen LogP) is 6.23. The Morgan fingerprint density at radius 3 is 2.50 bits per heavy atom. The summed E-state index contributed by atoms with van der Waals surface area (Å²) < 4.78 is 17.4. The second-order valence-corrected chi connectivity index (χ2v) is 10.3. The molecule has 2 unspecified atom stereocenters. The van der Waals surface area contributed by atoms with Crippen LogP contribution in [-0.4, -0.2) is 28.6 Å². The summed E-state index contributed by atoms with van der Waals surface area (Å²) in [6, 6.07) is 19.3. The number of benzene rings is 2. The summed E-state index contributed by atoms with van der Waals surface area (Å²) in [6.07, 6.45) is -0.0757. The van der Waals surface area contributed by atoms with Crippen molar-refractivity contribution in [3.05, 3.63) is 111 Å². The van der Waals surface area contributed by atoms with Gasteiger partial charge in [0, 0.05) is 30.1 Å². The van der Waals surface area contributed by atoms with Gasteiger partial charge >= 0.3 is 0 Å². The van der Waals surface area contributed by atoms with Gasteiger partial charge in [-0.25, -0.2) is 9.37 Å². The van der Waals surface area contributed by atoms with Crippen LogP contribution in [0.15, 0.2) is 83.6 Å². The van der Waals surface area contributed by atoms with Gasteiger partial charge in [0.2, 0.25) is 5.88 Å². The van der Waals surface area contributed by atoms with Crippen LogP contribution in [0.4, 0.5) is 4.39 Å². The Balaban J connectivity index is 1.61. The van der Waals surface area contributed by atoms with Gasteiger partial charge in [-0.3, -0.25) is 9.59 Å². The molecule has 36 heavy (non-hydrogen) atoms. The zero-order chi connectivity index (χ0) is 25.5. The molecule has 0 radical (unpaired) electrons. The first-order valence-electron chi connectivity index (χ1n) is 11.0. The van der Waals surface area contributed by atoms with Crippen molar-refractivity contribution >= 4 is 47.3 Å². The number of ether oxygens (including phenoxy) is 1. The Bertz CT molecular complexity index is 1450.